The van der Waals surface area contributed by atoms with Gasteiger partial charge >= 0.3 is 27.3 Å². The molecule has 0 spiro atoms. The number of carbonyl (C=O) groups excluding carboxylic acids is 4. The van der Waals surface area contributed by atoms with Crippen LogP contribution in [-0.4, -0.2) is 60.8 Å². The van der Waals surface area contributed by atoms with E-state index in [4.69, 9.17) is 0 Å². The number of aromatic amines is 2. The fourth-order valence-electron chi connectivity index (χ4n) is 3.05. The molecule has 2 aromatic carbocycles. The molecule has 2 N–H and O–H groups in total. The van der Waals surface area contributed by atoms with Crippen molar-refractivity contribution in [1.29, 1.82) is 0 Å². The summed E-state index contributed by atoms with van der Waals surface area (Å²) in [5.74, 6) is -5.08. The molecule has 2 radical (unpaired) electrons. The Hall–Kier alpha value is -3.28. The molecule has 0 saturated carbocycles. The Morgan fingerprint density at radius 3 is 1.35 bits per heavy atom. The molecular weight excluding hydrogens is 595 g/mol. The van der Waals surface area contributed by atoms with Gasteiger partial charge in [0.05, 0.1) is 0 Å². The van der Waals surface area contributed by atoms with E-state index in [-0.39, 0.29) is 40.1 Å². The molecule has 2 aromatic heterocycles. The summed E-state index contributed by atoms with van der Waals surface area (Å²) in [6.07, 6.45) is 3.02. The number of para-hydroxylation sites is 2. The summed E-state index contributed by atoms with van der Waals surface area (Å²) >= 11 is 0. The predicted octanol–water partition coefficient (Wildman–Crippen LogP) is -0.322. The summed E-state index contributed by atoms with van der Waals surface area (Å²) in [5, 5.41) is 22.3. The molecule has 8 nitrogen and oxygen atoms in total. The molecule has 0 atom stereocenters. The molecule has 4 aromatic rings. The van der Waals surface area contributed by atoms with Gasteiger partial charge in [0.2, 0.25) is 0 Å². The summed E-state index contributed by atoms with van der Waals surface area (Å²) in [6, 6.07) is 14.8. The van der Waals surface area contributed by atoms with Crippen LogP contribution < -0.4 is 10.2 Å². The molecule has 0 fully saturated rings. The van der Waals surface area contributed by atoms with E-state index in [1.54, 1.807) is 12.4 Å². The second kappa shape index (κ2) is 10.7. The smallest absolute Gasteiger partial charge is 0.542 e. The monoisotopic (exact) mass is 612 g/mol. The van der Waals surface area contributed by atoms with Crippen LogP contribution in [0, 0.1) is 0 Å². The van der Waals surface area contributed by atoms with Crippen LogP contribution in [0.2, 0.25) is 0 Å². The number of carboxylic acids is 2. The van der Waals surface area contributed by atoms with Crippen molar-refractivity contribution in [3.05, 3.63) is 72.1 Å². The molecule has 0 saturated heterocycles. The third kappa shape index (κ3) is 5.88. The van der Waals surface area contributed by atoms with E-state index >= 15 is 0 Å². The van der Waals surface area contributed by atoms with E-state index in [2.05, 4.69) is 9.97 Å². The number of aliphatic carboxylic acids is 2. The minimum absolute atomic E-state index is 0. The summed E-state index contributed by atoms with van der Waals surface area (Å²) in [7, 11) is 0. The van der Waals surface area contributed by atoms with E-state index < -0.39 is 23.5 Å². The molecule has 31 heavy (non-hydrogen) atoms. The van der Waals surface area contributed by atoms with Gasteiger partial charge in [-0.3, -0.25) is 9.59 Å². The number of ketones is 2. The van der Waals surface area contributed by atoms with Crippen molar-refractivity contribution in [1.82, 2.24) is 9.97 Å². The zero-order valence-corrected chi connectivity index (χ0v) is 20.0. The average molecular weight is 612 g/mol. The number of carboxylic acid groups (broad SMARTS) is 2. The number of H-pyrrole nitrogens is 2. The number of hydrogen-bond acceptors (Lipinski definition) is 6. The second-order valence-corrected chi connectivity index (χ2v) is 6.49. The maximum atomic E-state index is 11.0. The second-order valence-electron chi connectivity index (χ2n) is 6.49. The molecule has 0 aliphatic heterocycles. The number of nitrogens with one attached hydrogen (secondary N) is 2. The third-order valence-electron chi connectivity index (χ3n) is 4.51. The van der Waals surface area contributed by atoms with E-state index in [1.165, 1.54) is 0 Å². The van der Waals surface area contributed by atoms with Gasteiger partial charge in [-0.25, -0.2) is 0 Å². The first-order valence-corrected chi connectivity index (χ1v) is 8.95. The number of Topliss-reactive ketones (excluding diaryl/α,β-unsaturated/α-hetero) is 2. The van der Waals surface area contributed by atoms with Crippen molar-refractivity contribution >= 4 is 72.6 Å². The fraction of sp³-hybridized carbons (Fsp3) is 0.0909. The molecule has 2 heterocycles. The zero-order valence-electron chi connectivity index (χ0n) is 16.1. The Kier molecular flexibility index (Phi) is 8.25. The predicted molar refractivity (Wildman–Crippen MR) is 110 cm³/mol. The summed E-state index contributed by atoms with van der Waals surface area (Å²) in [5.41, 5.74) is 3.14. The van der Waals surface area contributed by atoms with Gasteiger partial charge in [-0.05, 0) is 23.3 Å². The number of hydrogen-bond donors (Lipinski definition) is 2. The Labute approximate surface area is 196 Å². The van der Waals surface area contributed by atoms with Gasteiger partial charge in [0.15, 0.2) is 11.6 Å². The fourth-order valence-corrected chi connectivity index (χ4v) is 3.05. The van der Waals surface area contributed by atoms with E-state index in [9.17, 15) is 29.4 Å². The topological polar surface area (TPSA) is 146 Å². The van der Waals surface area contributed by atoms with Crippen LogP contribution in [0.3, 0.4) is 0 Å². The van der Waals surface area contributed by atoms with Crippen LogP contribution in [-0.2, 0) is 32.0 Å². The molecule has 0 bridgehead atoms. The standard InChI is InChI=1S/2C11H9NO3.Pb/c2*13-10(11(14)15)5-7-6-12-9-4-2-1-3-8(7)9;/h2*1-4,6,12H,5H2,(H,14,15);/q;;+2/p-2. The molecule has 0 unspecified atom stereocenters. The maximum Gasteiger partial charge on any atom is 2.00 e. The number of rotatable bonds is 6. The van der Waals surface area contributed by atoms with Crippen molar-refractivity contribution in [2.24, 2.45) is 0 Å². The first-order chi connectivity index (χ1) is 14.4. The van der Waals surface area contributed by atoms with Gasteiger partial charge in [0, 0.05) is 47.0 Å². The van der Waals surface area contributed by atoms with Gasteiger partial charge in [-0.1, -0.05) is 36.4 Å². The molecule has 9 heteroatoms. The third-order valence-corrected chi connectivity index (χ3v) is 4.51. The number of benzene rings is 2. The van der Waals surface area contributed by atoms with Gasteiger partial charge in [-0.2, -0.15) is 0 Å². The van der Waals surface area contributed by atoms with Crippen LogP contribution in [0.4, 0.5) is 0 Å². The normalized spacial score (nSPS) is 10.1. The Bertz CT molecular complexity index is 1160. The van der Waals surface area contributed by atoms with Crippen molar-refractivity contribution in [3.8, 4) is 0 Å². The van der Waals surface area contributed by atoms with Crippen LogP contribution in [0.25, 0.3) is 21.8 Å². The summed E-state index contributed by atoms with van der Waals surface area (Å²) in [4.78, 5) is 48.5. The summed E-state index contributed by atoms with van der Waals surface area (Å²) < 4.78 is 0. The largest absolute Gasteiger partial charge is 2.00 e. The average Bonchev–Trinajstić information content (AvgIpc) is 3.33. The molecule has 154 valence electrons. The van der Waals surface area contributed by atoms with E-state index in [0.29, 0.717) is 11.1 Å². The van der Waals surface area contributed by atoms with Crippen LogP contribution in [0.5, 0.6) is 0 Å². The molecule has 4 rings (SSSR count). The molecule has 0 aliphatic rings. The van der Waals surface area contributed by atoms with Gasteiger partial charge in [0.25, 0.3) is 0 Å². The van der Waals surface area contributed by atoms with Gasteiger partial charge in [-0.15, -0.1) is 0 Å². The quantitative estimate of drug-likeness (QED) is 0.226. The Morgan fingerprint density at radius 2 is 1.00 bits per heavy atom. The number of fused-ring (bicyclic) bond motifs is 2. The van der Waals surface area contributed by atoms with Gasteiger partial charge in [0.1, 0.15) is 11.9 Å². The van der Waals surface area contributed by atoms with Gasteiger partial charge < -0.3 is 29.8 Å². The maximum absolute atomic E-state index is 11.0. The van der Waals surface area contributed by atoms with E-state index in [0.717, 1.165) is 21.8 Å². The van der Waals surface area contributed by atoms with Crippen molar-refractivity contribution < 1.29 is 29.4 Å². The Balaban J connectivity index is 0.000000213. The van der Waals surface area contributed by atoms with Crippen molar-refractivity contribution in [2.75, 3.05) is 0 Å². The van der Waals surface area contributed by atoms with Crippen LogP contribution in [0.15, 0.2) is 60.9 Å². The van der Waals surface area contributed by atoms with E-state index in [1.807, 2.05) is 48.5 Å². The van der Waals surface area contributed by atoms with Crippen LogP contribution in [0.1, 0.15) is 11.1 Å². The zero-order chi connectivity index (χ0) is 21.7. The first-order valence-electron chi connectivity index (χ1n) is 8.95. The molecular formula is C22H16N2O6Pb. The van der Waals surface area contributed by atoms with Crippen LogP contribution >= 0.6 is 0 Å². The minimum atomic E-state index is -1.64. The number of aromatic nitrogens is 2. The SMILES string of the molecule is O=C([O-])C(=O)Cc1c[nH]c2ccccc12.O=C([O-])C(=O)Cc1c[nH]c2ccccc12.[Pb+2]. The molecule has 0 aliphatic carbocycles. The van der Waals surface area contributed by atoms with Crippen molar-refractivity contribution in [2.45, 2.75) is 12.8 Å². The molecule has 0 amide bonds. The Morgan fingerprint density at radius 1 is 0.645 bits per heavy atom. The summed E-state index contributed by atoms with van der Waals surface area (Å²) in [6.45, 7) is 0. The first kappa shape index (κ1) is 24.0. The number of carbonyl (C=O) groups is 4. The van der Waals surface area contributed by atoms with Crippen molar-refractivity contribution in [3.63, 3.8) is 0 Å². The minimum Gasteiger partial charge on any atom is -0.542 e.